The second-order valence-electron chi connectivity index (χ2n) is 16.2. The van der Waals surface area contributed by atoms with Crippen LogP contribution in [0.25, 0.3) is 0 Å². The van der Waals surface area contributed by atoms with Crippen molar-refractivity contribution in [1.29, 1.82) is 0 Å². The lowest BCUT2D eigenvalue weighted by molar-refractivity contribution is -0.150. The molecule has 0 spiro atoms. The molecule has 53 heavy (non-hydrogen) atoms. The summed E-state index contributed by atoms with van der Waals surface area (Å²) in [4.78, 5) is 28.6. The standard InChI is InChI=1S/C47H93NO5/c1-6-10-14-18-20-27-36-44(34-25-16-12-8-3)46(49)52-42-31-23-22-29-38-48(40-33-41-51-5)39-30-24-32-43-53-47(50)45(35-26-17-13-9-4)37-28-21-19-15-11-7-2/h44-45H,6-43H2,1-5H3. The zero-order valence-electron chi connectivity index (χ0n) is 36.5. The molecule has 0 bridgehead atoms. The highest BCUT2D eigenvalue weighted by Gasteiger charge is 2.20. The third-order valence-electron chi connectivity index (χ3n) is 11.1. The summed E-state index contributed by atoms with van der Waals surface area (Å²) in [5.74, 6) is 0.303. The predicted molar refractivity (Wildman–Crippen MR) is 228 cm³/mol. The van der Waals surface area contributed by atoms with Crippen molar-refractivity contribution in [3.05, 3.63) is 0 Å². The van der Waals surface area contributed by atoms with Crippen LogP contribution in [0.2, 0.25) is 0 Å². The molecule has 0 heterocycles. The summed E-state index contributed by atoms with van der Waals surface area (Å²) >= 11 is 0. The van der Waals surface area contributed by atoms with E-state index in [0.29, 0.717) is 13.2 Å². The molecule has 6 nitrogen and oxygen atoms in total. The van der Waals surface area contributed by atoms with Crippen molar-refractivity contribution in [3.63, 3.8) is 0 Å². The highest BCUT2D eigenvalue weighted by Crippen LogP contribution is 2.22. The third kappa shape index (κ3) is 35.0. The molecule has 0 aliphatic rings. The number of hydrogen-bond acceptors (Lipinski definition) is 6. The Morgan fingerprint density at radius 3 is 1.08 bits per heavy atom. The zero-order chi connectivity index (χ0) is 38.9. The van der Waals surface area contributed by atoms with Crippen molar-refractivity contribution in [3.8, 4) is 0 Å². The van der Waals surface area contributed by atoms with Crippen molar-refractivity contribution in [2.75, 3.05) is 46.6 Å². The summed E-state index contributed by atoms with van der Waals surface area (Å²) in [7, 11) is 1.78. The number of rotatable bonds is 43. The highest BCUT2D eigenvalue weighted by atomic mass is 16.5. The Morgan fingerprint density at radius 1 is 0.377 bits per heavy atom. The molecular formula is C47H93NO5. The minimum Gasteiger partial charge on any atom is -0.465 e. The normalized spacial score (nSPS) is 12.7. The first-order valence-corrected chi connectivity index (χ1v) is 23.6. The molecule has 0 saturated heterocycles. The number of unbranched alkanes of at least 4 members (excludes halogenated alkanes) is 21. The summed E-state index contributed by atoms with van der Waals surface area (Å²) in [5, 5.41) is 0. The fourth-order valence-corrected chi connectivity index (χ4v) is 7.49. The van der Waals surface area contributed by atoms with E-state index in [4.69, 9.17) is 14.2 Å². The van der Waals surface area contributed by atoms with Crippen LogP contribution >= 0.6 is 0 Å². The molecule has 0 aliphatic carbocycles. The van der Waals surface area contributed by atoms with Gasteiger partial charge in [-0.2, -0.15) is 0 Å². The topological polar surface area (TPSA) is 65.1 Å². The molecule has 316 valence electrons. The Kier molecular flexibility index (Phi) is 41.1. The van der Waals surface area contributed by atoms with Gasteiger partial charge in [-0.3, -0.25) is 9.59 Å². The molecule has 6 heteroatoms. The molecule has 0 N–H and O–H groups in total. The number of hydrogen-bond donors (Lipinski definition) is 0. The Hall–Kier alpha value is -1.14. The van der Waals surface area contributed by atoms with E-state index < -0.39 is 0 Å². The maximum atomic E-state index is 13.0. The van der Waals surface area contributed by atoms with Crippen LogP contribution in [-0.4, -0.2) is 63.4 Å². The van der Waals surface area contributed by atoms with Crippen LogP contribution in [0.4, 0.5) is 0 Å². The van der Waals surface area contributed by atoms with Gasteiger partial charge >= 0.3 is 11.9 Å². The van der Waals surface area contributed by atoms with Gasteiger partial charge in [0.2, 0.25) is 0 Å². The Balaban J connectivity index is 4.41. The number of methoxy groups -OCH3 is 1. The number of carbonyl (C=O) groups is 2. The van der Waals surface area contributed by atoms with Gasteiger partial charge in [0.1, 0.15) is 0 Å². The molecule has 0 saturated carbocycles. The van der Waals surface area contributed by atoms with Gasteiger partial charge in [-0.05, 0) is 77.3 Å². The van der Waals surface area contributed by atoms with Gasteiger partial charge in [-0.25, -0.2) is 0 Å². The van der Waals surface area contributed by atoms with E-state index in [9.17, 15) is 9.59 Å². The number of ether oxygens (including phenoxy) is 3. The summed E-state index contributed by atoms with van der Waals surface area (Å²) in [6, 6.07) is 0. The van der Waals surface area contributed by atoms with E-state index in [-0.39, 0.29) is 23.8 Å². The first kappa shape index (κ1) is 51.9. The molecule has 0 rings (SSSR count). The van der Waals surface area contributed by atoms with Crippen LogP contribution in [-0.2, 0) is 23.8 Å². The fraction of sp³-hybridized carbons (Fsp3) is 0.957. The average molecular weight is 752 g/mol. The molecule has 0 aromatic carbocycles. The maximum Gasteiger partial charge on any atom is 0.308 e. The van der Waals surface area contributed by atoms with Crippen molar-refractivity contribution < 1.29 is 23.8 Å². The largest absolute Gasteiger partial charge is 0.465 e. The van der Waals surface area contributed by atoms with Crippen LogP contribution in [0.1, 0.15) is 233 Å². The quantitative estimate of drug-likeness (QED) is 0.0456. The van der Waals surface area contributed by atoms with Gasteiger partial charge in [-0.1, -0.05) is 169 Å². The lowest BCUT2D eigenvalue weighted by atomic mass is 9.94. The minimum atomic E-state index is 0.0569. The number of carbonyl (C=O) groups excluding carboxylic acids is 2. The second-order valence-corrected chi connectivity index (χ2v) is 16.2. The molecule has 0 radical (unpaired) electrons. The summed E-state index contributed by atoms with van der Waals surface area (Å²) < 4.78 is 17.0. The smallest absolute Gasteiger partial charge is 0.308 e. The molecule has 2 atom stereocenters. The zero-order valence-corrected chi connectivity index (χ0v) is 36.5. The summed E-state index contributed by atoms with van der Waals surface area (Å²) in [6.45, 7) is 14.2. The molecule has 0 aromatic heterocycles. The molecule has 2 unspecified atom stereocenters. The Bertz CT molecular complexity index is 761. The summed E-state index contributed by atoms with van der Waals surface area (Å²) in [5.41, 5.74) is 0. The first-order chi connectivity index (χ1) is 26.0. The molecule has 0 fully saturated rings. The van der Waals surface area contributed by atoms with Gasteiger partial charge in [0, 0.05) is 20.3 Å². The second kappa shape index (κ2) is 42.0. The van der Waals surface area contributed by atoms with E-state index in [1.54, 1.807) is 7.11 Å². The van der Waals surface area contributed by atoms with Crippen LogP contribution in [0.15, 0.2) is 0 Å². The SMILES string of the molecule is CCCCCCCCC(CCCCCC)C(=O)OCCCCCCN(CCCCCOC(=O)C(CCCCCC)CCCCCCCC)CCCOC. The van der Waals surface area contributed by atoms with Gasteiger partial charge in [0.05, 0.1) is 25.0 Å². The lowest BCUT2D eigenvalue weighted by Gasteiger charge is -2.22. The molecule has 0 aromatic rings. The minimum absolute atomic E-state index is 0.0569. The van der Waals surface area contributed by atoms with E-state index >= 15 is 0 Å². The van der Waals surface area contributed by atoms with Crippen molar-refractivity contribution >= 4 is 11.9 Å². The van der Waals surface area contributed by atoms with Crippen molar-refractivity contribution in [2.24, 2.45) is 11.8 Å². The lowest BCUT2D eigenvalue weighted by Crippen LogP contribution is -2.28. The van der Waals surface area contributed by atoms with Crippen molar-refractivity contribution in [2.45, 2.75) is 233 Å². The van der Waals surface area contributed by atoms with Crippen LogP contribution < -0.4 is 0 Å². The first-order valence-electron chi connectivity index (χ1n) is 23.6. The third-order valence-corrected chi connectivity index (χ3v) is 11.1. The Labute approximate surface area is 331 Å². The van der Waals surface area contributed by atoms with E-state index in [1.807, 2.05) is 0 Å². The van der Waals surface area contributed by atoms with Crippen LogP contribution in [0.5, 0.6) is 0 Å². The number of nitrogens with zero attached hydrogens (tertiary/aromatic N) is 1. The Morgan fingerprint density at radius 2 is 0.679 bits per heavy atom. The van der Waals surface area contributed by atoms with Crippen LogP contribution in [0.3, 0.4) is 0 Å². The van der Waals surface area contributed by atoms with Crippen LogP contribution in [0, 0.1) is 11.8 Å². The fourth-order valence-electron chi connectivity index (χ4n) is 7.49. The number of esters is 2. The summed E-state index contributed by atoms with van der Waals surface area (Å²) in [6.07, 6.45) is 37.6. The predicted octanol–water partition coefficient (Wildman–Crippen LogP) is 13.8. The van der Waals surface area contributed by atoms with E-state index in [0.717, 1.165) is 116 Å². The van der Waals surface area contributed by atoms with E-state index in [1.165, 1.54) is 116 Å². The van der Waals surface area contributed by atoms with Crippen molar-refractivity contribution in [1.82, 2.24) is 4.90 Å². The molecule has 0 aliphatic heterocycles. The maximum absolute atomic E-state index is 13.0. The van der Waals surface area contributed by atoms with Gasteiger partial charge in [-0.15, -0.1) is 0 Å². The molecule has 0 amide bonds. The van der Waals surface area contributed by atoms with Gasteiger partial charge in [0.15, 0.2) is 0 Å². The van der Waals surface area contributed by atoms with E-state index in [2.05, 4.69) is 32.6 Å². The van der Waals surface area contributed by atoms with Gasteiger partial charge in [0.25, 0.3) is 0 Å². The molecular weight excluding hydrogens is 659 g/mol. The van der Waals surface area contributed by atoms with Gasteiger partial charge < -0.3 is 19.1 Å². The highest BCUT2D eigenvalue weighted by molar-refractivity contribution is 5.72. The monoisotopic (exact) mass is 752 g/mol. The average Bonchev–Trinajstić information content (AvgIpc) is 3.16.